The number of hydrogen-bond donors (Lipinski definition) is 1. The average molecular weight is 427 g/mol. The summed E-state index contributed by atoms with van der Waals surface area (Å²) >= 11 is 0. The van der Waals surface area contributed by atoms with E-state index in [4.69, 9.17) is 0 Å². The number of benzene rings is 3. The molecule has 7 heteroatoms. The second kappa shape index (κ2) is 8.47. The molecule has 0 saturated carbocycles. The number of hydrogen-bond acceptors (Lipinski definition) is 5. The molecule has 3 aromatic carbocycles. The molecule has 1 aliphatic heterocycles. The zero-order chi connectivity index (χ0) is 22.8. The van der Waals surface area contributed by atoms with Gasteiger partial charge in [0, 0.05) is 17.8 Å². The lowest BCUT2D eigenvalue weighted by Crippen LogP contribution is -2.32. The first-order valence-electron chi connectivity index (χ1n) is 10.1. The Morgan fingerprint density at radius 3 is 2.22 bits per heavy atom. The molecule has 4 rings (SSSR count). The monoisotopic (exact) mass is 427 g/mol. The van der Waals surface area contributed by atoms with Crippen LogP contribution in [0.2, 0.25) is 0 Å². The summed E-state index contributed by atoms with van der Waals surface area (Å²) < 4.78 is 0. The second-order valence-corrected chi connectivity index (χ2v) is 7.68. The number of carbonyl (C=O) groups excluding carboxylic acids is 2. The van der Waals surface area contributed by atoms with Crippen LogP contribution in [0.5, 0.6) is 0 Å². The number of nitrogens with one attached hydrogen (secondary N) is 1. The van der Waals surface area contributed by atoms with Crippen molar-refractivity contribution in [2.24, 2.45) is 0 Å². The average Bonchev–Trinajstić information content (AvgIpc) is 3.00. The Kier molecular flexibility index (Phi) is 5.55. The van der Waals surface area contributed by atoms with Crippen molar-refractivity contribution >= 4 is 28.8 Å². The van der Waals surface area contributed by atoms with E-state index in [0.717, 1.165) is 16.7 Å². The van der Waals surface area contributed by atoms with E-state index < -0.39 is 16.7 Å². The molecule has 32 heavy (non-hydrogen) atoms. The van der Waals surface area contributed by atoms with Crippen LogP contribution in [-0.2, 0) is 16.1 Å². The number of non-ortho nitro benzene ring substituents is 1. The number of nitro benzene ring substituents is 1. The van der Waals surface area contributed by atoms with Crippen LogP contribution in [-0.4, -0.2) is 21.6 Å². The van der Waals surface area contributed by atoms with Gasteiger partial charge < -0.3 is 5.32 Å². The fourth-order valence-electron chi connectivity index (χ4n) is 3.71. The highest BCUT2D eigenvalue weighted by Crippen LogP contribution is 2.33. The molecule has 1 aliphatic rings. The van der Waals surface area contributed by atoms with Gasteiger partial charge in [0.05, 0.1) is 17.0 Å². The van der Waals surface area contributed by atoms with E-state index in [9.17, 15) is 19.7 Å². The lowest BCUT2D eigenvalue weighted by atomic mass is 10.0. The van der Waals surface area contributed by atoms with Gasteiger partial charge in [-0.05, 0) is 48.7 Å². The minimum Gasteiger partial charge on any atom is -0.350 e. The summed E-state index contributed by atoms with van der Waals surface area (Å²) in [5.41, 5.74) is 4.26. The van der Waals surface area contributed by atoms with Gasteiger partial charge in [-0.15, -0.1) is 0 Å². The Morgan fingerprint density at radius 1 is 0.906 bits per heavy atom. The van der Waals surface area contributed by atoms with Crippen molar-refractivity contribution < 1.29 is 14.5 Å². The molecule has 0 unspecified atom stereocenters. The van der Waals surface area contributed by atoms with Crippen molar-refractivity contribution in [2.45, 2.75) is 20.4 Å². The SMILES string of the molecule is Cc1ccc(NC2=C(c3ccc([N+](=O)[O-])cc3)C(=O)N(Cc3ccccc3)C2=O)c(C)c1. The summed E-state index contributed by atoms with van der Waals surface area (Å²) in [5, 5.41) is 14.2. The van der Waals surface area contributed by atoms with E-state index in [1.54, 1.807) is 0 Å². The summed E-state index contributed by atoms with van der Waals surface area (Å²) in [6.07, 6.45) is 0. The van der Waals surface area contributed by atoms with E-state index in [-0.39, 0.29) is 23.5 Å². The van der Waals surface area contributed by atoms with Gasteiger partial charge in [-0.3, -0.25) is 24.6 Å². The van der Waals surface area contributed by atoms with E-state index in [1.807, 2.05) is 62.4 Å². The molecule has 1 N–H and O–H groups in total. The van der Waals surface area contributed by atoms with Crippen molar-refractivity contribution in [3.63, 3.8) is 0 Å². The number of nitro groups is 1. The quantitative estimate of drug-likeness (QED) is 0.352. The first-order chi connectivity index (χ1) is 15.3. The summed E-state index contributed by atoms with van der Waals surface area (Å²) in [6.45, 7) is 4.03. The van der Waals surface area contributed by atoms with Crippen LogP contribution in [0.1, 0.15) is 22.3 Å². The molecule has 3 aromatic rings. The molecular weight excluding hydrogens is 406 g/mol. The van der Waals surface area contributed by atoms with Gasteiger partial charge in [0.1, 0.15) is 5.70 Å². The lowest BCUT2D eigenvalue weighted by molar-refractivity contribution is -0.384. The molecule has 2 amide bonds. The zero-order valence-electron chi connectivity index (χ0n) is 17.7. The van der Waals surface area contributed by atoms with Crippen LogP contribution in [0.3, 0.4) is 0 Å². The van der Waals surface area contributed by atoms with Crippen molar-refractivity contribution in [1.29, 1.82) is 0 Å². The first kappa shape index (κ1) is 21.0. The highest BCUT2D eigenvalue weighted by Gasteiger charge is 2.39. The summed E-state index contributed by atoms with van der Waals surface area (Å²) in [4.78, 5) is 38.4. The Balaban J connectivity index is 1.77. The minimum atomic E-state index is -0.504. The Morgan fingerprint density at radius 2 is 1.59 bits per heavy atom. The highest BCUT2D eigenvalue weighted by molar-refractivity contribution is 6.36. The predicted molar refractivity (Wildman–Crippen MR) is 122 cm³/mol. The van der Waals surface area contributed by atoms with Crippen molar-refractivity contribution in [3.8, 4) is 0 Å². The summed E-state index contributed by atoms with van der Waals surface area (Å²) in [5.74, 6) is -0.882. The topological polar surface area (TPSA) is 92.6 Å². The van der Waals surface area contributed by atoms with E-state index in [0.29, 0.717) is 11.3 Å². The molecule has 0 fully saturated rings. The van der Waals surface area contributed by atoms with Crippen molar-refractivity contribution in [1.82, 2.24) is 4.90 Å². The standard InChI is InChI=1S/C25H21N3O4/c1-16-8-13-21(17(2)14-16)26-23-22(19-9-11-20(12-10-19)28(31)32)24(29)27(25(23)30)15-18-6-4-3-5-7-18/h3-14,26H,15H2,1-2H3. The van der Waals surface area contributed by atoms with Crippen LogP contribution in [0.4, 0.5) is 11.4 Å². The molecule has 7 nitrogen and oxygen atoms in total. The molecule has 0 spiro atoms. The largest absolute Gasteiger partial charge is 0.350 e. The Labute approximate surface area is 185 Å². The molecule has 0 aromatic heterocycles. The van der Waals surface area contributed by atoms with E-state index in [1.165, 1.54) is 29.2 Å². The summed E-state index contributed by atoms with van der Waals surface area (Å²) in [6, 6.07) is 20.7. The first-order valence-corrected chi connectivity index (χ1v) is 10.1. The van der Waals surface area contributed by atoms with Crippen molar-refractivity contribution in [2.75, 3.05) is 5.32 Å². The van der Waals surface area contributed by atoms with Crippen LogP contribution in [0.15, 0.2) is 78.5 Å². The normalized spacial score (nSPS) is 13.6. The second-order valence-electron chi connectivity index (χ2n) is 7.68. The third-order valence-electron chi connectivity index (χ3n) is 5.36. The molecule has 0 aliphatic carbocycles. The lowest BCUT2D eigenvalue weighted by Gasteiger charge is -2.16. The Hall–Kier alpha value is -4.26. The molecule has 0 saturated heterocycles. The van der Waals surface area contributed by atoms with Gasteiger partial charge in [0.15, 0.2) is 0 Å². The number of nitrogens with zero attached hydrogens (tertiary/aromatic N) is 2. The smallest absolute Gasteiger partial charge is 0.278 e. The van der Waals surface area contributed by atoms with Gasteiger partial charge >= 0.3 is 0 Å². The molecule has 0 atom stereocenters. The van der Waals surface area contributed by atoms with Crippen LogP contribution in [0.25, 0.3) is 5.57 Å². The summed E-state index contributed by atoms with van der Waals surface area (Å²) in [7, 11) is 0. The number of imide groups is 1. The maximum Gasteiger partial charge on any atom is 0.278 e. The van der Waals surface area contributed by atoms with Gasteiger partial charge in [-0.2, -0.15) is 0 Å². The fraction of sp³-hybridized carbons (Fsp3) is 0.120. The molecule has 0 bridgehead atoms. The minimum absolute atomic E-state index is 0.0869. The van der Waals surface area contributed by atoms with Crippen LogP contribution >= 0.6 is 0 Å². The maximum atomic E-state index is 13.4. The number of aryl methyl sites for hydroxylation is 2. The number of anilines is 1. The third-order valence-corrected chi connectivity index (χ3v) is 5.36. The maximum absolute atomic E-state index is 13.4. The number of carbonyl (C=O) groups is 2. The van der Waals surface area contributed by atoms with Gasteiger partial charge in [-0.25, -0.2) is 0 Å². The Bertz CT molecular complexity index is 1250. The van der Waals surface area contributed by atoms with Crippen molar-refractivity contribution in [3.05, 3.63) is 111 Å². The zero-order valence-corrected chi connectivity index (χ0v) is 17.7. The molecule has 160 valence electrons. The van der Waals surface area contributed by atoms with Gasteiger partial charge in [0.25, 0.3) is 17.5 Å². The number of amides is 2. The highest BCUT2D eigenvalue weighted by atomic mass is 16.6. The van der Waals surface area contributed by atoms with Crippen LogP contribution < -0.4 is 5.32 Å². The van der Waals surface area contributed by atoms with Gasteiger partial charge in [-0.1, -0.05) is 48.0 Å². The van der Waals surface area contributed by atoms with E-state index >= 15 is 0 Å². The predicted octanol–water partition coefficient (Wildman–Crippen LogP) is 4.60. The van der Waals surface area contributed by atoms with Crippen LogP contribution in [0, 0.1) is 24.0 Å². The molecular formula is C25H21N3O4. The third kappa shape index (κ3) is 4.00. The molecule has 0 radical (unpaired) electrons. The van der Waals surface area contributed by atoms with E-state index in [2.05, 4.69) is 5.32 Å². The fourth-order valence-corrected chi connectivity index (χ4v) is 3.71. The number of rotatable bonds is 6. The molecule has 1 heterocycles. The van der Waals surface area contributed by atoms with Gasteiger partial charge in [0.2, 0.25) is 0 Å².